The first-order valence-electron chi connectivity index (χ1n) is 11.2. The number of benzene rings is 1. The van der Waals surface area contributed by atoms with Crippen molar-refractivity contribution in [2.75, 3.05) is 44.8 Å². The molecule has 1 fully saturated rings. The number of carbonyl (C=O) groups is 2. The van der Waals surface area contributed by atoms with Crippen molar-refractivity contribution in [1.82, 2.24) is 15.2 Å². The van der Waals surface area contributed by atoms with Gasteiger partial charge in [-0.05, 0) is 57.2 Å². The summed E-state index contributed by atoms with van der Waals surface area (Å²) < 4.78 is 10.6. The molecule has 0 radical (unpaired) electrons. The molecule has 0 saturated carbocycles. The predicted molar refractivity (Wildman–Crippen MR) is 130 cm³/mol. The van der Waals surface area contributed by atoms with Gasteiger partial charge in [-0.3, -0.25) is 10.2 Å². The van der Waals surface area contributed by atoms with E-state index in [4.69, 9.17) is 14.9 Å². The van der Waals surface area contributed by atoms with Crippen molar-refractivity contribution in [3.8, 4) is 0 Å². The van der Waals surface area contributed by atoms with Gasteiger partial charge in [0.25, 0.3) is 0 Å². The van der Waals surface area contributed by atoms with Crippen LogP contribution in [0.5, 0.6) is 0 Å². The number of hydrogen-bond acceptors (Lipinski definition) is 5. The molecule has 1 aromatic heterocycles. The molecule has 10 nitrogen and oxygen atoms in total. The molecular weight excluding hydrogens is 436 g/mol. The summed E-state index contributed by atoms with van der Waals surface area (Å²) in [4.78, 5) is 33.6. The van der Waals surface area contributed by atoms with Crippen LogP contribution in [0, 0.1) is 10.8 Å². The van der Waals surface area contributed by atoms with Crippen LogP contribution < -0.4 is 10.6 Å². The molecule has 4 N–H and O–H groups in total. The van der Waals surface area contributed by atoms with Crippen molar-refractivity contribution in [2.45, 2.75) is 20.8 Å². The number of nitrogens with zero attached hydrogens (tertiary/aromatic N) is 2. The molecule has 1 aromatic carbocycles. The summed E-state index contributed by atoms with van der Waals surface area (Å²) in [6, 6.07) is 10.3. The van der Waals surface area contributed by atoms with Crippen molar-refractivity contribution in [3.05, 3.63) is 53.9 Å². The molecule has 1 aliphatic heterocycles. The van der Waals surface area contributed by atoms with Crippen molar-refractivity contribution < 1.29 is 19.1 Å². The molecule has 0 spiro atoms. The number of morpholine rings is 1. The second kappa shape index (κ2) is 11.5. The number of amidine groups is 2. The van der Waals surface area contributed by atoms with Gasteiger partial charge in [0, 0.05) is 30.5 Å². The summed E-state index contributed by atoms with van der Waals surface area (Å²) in [6.07, 6.45) is 1.83. The number of aromatic amines is 1. The van der Waals surface area contributed by atoms with E-state index < -0.39 is 11.4 Å². The smallest absolute Gasteiger partial charge is 0.319 e. The quantitative estimate of drug-likeness (QED) is 0.224. The van der Waals surface area contributed by atoms with Crippen LogP contribution >= 0.6 is 0 Å². The Morgan fingerprint density at radius 1 is 1.18 bits per heavy atom. The third kappa shape index (κ3) is 7.17. The van der Waals surface area contributed by atoms with Gasteiger partial charge < -0.3 is 30.0 Å². The number of urea groups is 1. The average molecular weight is 469 g/mol. The maximum Gasteiger partial charge on any atom is 0.319 e. The summed E-state index contributed by atoms with van der Waals surface area (Å²) in [7, 11) is 0. The minimum atomic E-state index is -0.577. The lowest BCUT2D eigenvalue weighted by atomic mass is 9.97. The van der Waals surface area contributed by atoms with Crippen molar-refractivity contribution in [1.29, 1.82) is 5.41 Å². The molecule has 2 amide bonds. The Balaban J connectivity index is 1.55. The van der Waals surface area contributed by atoms with Gasteiger partial charge in [-0.2, -0.15) is 0 Å². The van der Waals surface area contributed by atoms with Gasteiger partial charge in [0.2, 0.25) is 0 Å². The van der Waals surface area contributed by atoms with E-state index in [-0.39, 0.29) is 25.0 Å². The first-order chi connectivity index (χ1) is 16.2. The zero-order valence-corrected chi connectivity index (χ0v) is 19.8. The Labute approximate surface area is 199 Å². The second-order valence-electron chi connectivity index (χ2n) is 8.81. The molecule has 182 valence electrons. The largest absolute Gasteiger partial charge is 0.463 e. The van der Waals surface area contributed by atoms with Gasteiger partial charge in [0.15, 0.2) is 11.7 Å². The third-order valence-electron chi connectivity index (χ3n) is 5.02. The van der Waals surface area contributed by atoms with E-state index in [9.17, 15) is 9.59 Å². The average Bonchev–Trinajstić information content (AvgIpc) is 3.35. The number of anilines is 1. The van der Waals surface area contributed by atoms with E-state index >= 15 is 0 Å². The molecule has 0 bridgehead atoms. The van der Waals surface area contributed by atoms with E-state index in [0.717, 1.165) is 5.69 Å². The van der Waals surface area contributed by atoms with Crippen LogP contribution in [0.4, 0.5) is 10.5 Å². The summed E-state index contributed by atoms with van der Waals surface area (Å²) >= 11 is 0. The summed E-state index contributed by atoms with van der Waals surface area (Å²) in [6.45, 7) is 8.27. The Hall–Kier alpha value is -3.66. The fraction of sp³-hybridized carbons (Fsp3) is 0.417. The Morgan fingerprint density at radius 2 is 1.88 bits per heavy atom. The van der Waals surface area contributed by atoms with Crippen LogP contribution in [0.1, 0.15) is 32.0 Å². The van der Waals surface area contributed by atoms with E-state index in [1.807, 2.05) is 18.3 Å². The summed E-state index contributed by atoms with van der Waals surface area (Å²) in [5.74, 6) is 0.503. The normalized spacial score (nSPS) is 14.4. The molecule has 2 aromatic rings. The number of aromatic nitrogens is 1. The minimum absolute atomic E-state index is 0.101. The minimum Gasteiger partial charge on any atom is -0.463 e. The molecule has 0 aliphatic carbocycles. The highest BCUT2D eigenvalue weighted by Crippen LogP contribution is 2.15. The second-order valence-corrected chi connectivity index (χ2v) is 8.81. The molecule has 3 rings (SSSR count). The van der Waals surface area contributed by atoms with Crippen LogP contribution in [0.15, 0.2) is 47.6 Å². The lowest BCUT2D eigenvalue weighted by Gasteiger charge is -2.29. The molecular formula is C24H32N6O4. The van der Waals surface area contributed by atoms with Gasteiger partial charge >= 0.3 is 12.0 Å². The van der Waals surface area contributed by atoms with Crippen molar-refractivity contribution >= 4 is 29.4 Å². The van der Waals surface area contributed by atoms with E-state index in [0.29, 0.717) is 43.4 Å². The zero-order valence-electron chi connectivity index (χ0n) is 19.8. The van der Waals surface area contributed by atoms with Crippen molar-refractivity contribution in [2.24, 2.45) is 10.4 Å². The fourth-order valence-corrected chi connectivity index (χ4v) is 3.13. The molecule has 0 atom stereocenters. The van der Waals surface area contributed by atoms with Crippen LogP contribution in [-0.4, -0.2) is 73.0 Å². The Kier molecular flexibility index (Phi) is 8.42. The number of nitrogens with one attached hydrogen (secondary N) is 4. The van der Waals surface area contributed by atoms with E-state index in [1.54, 1.807) is 45.0 Å². The van der Waals surface area contributed by atoms with Gasteiger partial charge in [0.1, 0.15) is 6.61 Å². The maximum atomic E-state index is 12.1. The number of hydrogen-bond donors (Lipinski definition) is 4. The summed E-state index contributed by atoms with van der Waals surface area (Å²) in [5, 5.41) is 13.8. The Bertz CT molecular complexity index is 1000. The number of carbonyl (C=O) groups excluding carboxylic acids is 2. The molecule has 2 heterocycles. The SMILES string of the molecule is CC(C)(C)C(=O)OCCNC(=O)Nc1ccc(C(=N)N=C(c2ccc[nH]2)N2CCOCC2)cc1. The van der Waals surface area contributed by atoms with Crippen LogP contribution in [0.25, 0.3) is 0 Å². The van der Waals surface area contributed by atoms with Crippen LogP contribution in [-0.2, 0) is 14.3 Å². The first kappa shape index (κ1) is 25.0. The molecule has 34 heavy (non-hydrogen) atoms. The van der Waals surface area contributed by atoms with Gasteiger partial charge in [0.05, 0.1) is 30.9 Å². The number of esters is 1. The number of amides is 2. The van der Waals surface area contributed by atoms with Crippen LogP contribution in [0.2, 0.25) is 0 Å². The van der Waals surface area contributed by atoms with E-state index in [1.165, 1.54) is 0 Å². The standard InChI is InChI=1S/C24H32N6O4/c1-24(2,3)22(31)34-14-11-27-23(32)28-18-8-6-17(7-9-18)20(25)29-21(19-5-4-10-26-19)30-12-15-33-16-13-30/h4-10,25-26H,11-16H2,1-3H3,(H2,27,28,32). The number of H-pyrrole nitrogens is 1. The van der Waals surface area contributed by atoms with Gasteiger partial charge in [-0.1, -0.05) is 0 Å². The fourth-order valence-electron chi connectivity index (χ4n) is 3.13. The third-order valence-corrected chi connectivity index (χ3v) is 5.02. The number of aliphatic imine (C=N–C) groups is 1. The van der Waals surface area contributed by atoms with E-state index in [2.05, 4.69) is 25.5 Å². The maximum absolute atomic E-state index is 12.1. The lowest BCUT2D eigenvalue weighted by Crippen LogP contribution is -2.41. The molecule has 0 unspecified atom stereocenters. The lowest BCUT2D eigenvalue weighted by molar-refractivity contribution is -0.152. The molecule has 1 aliphatic rings. The zero-order chi connectivity index (χ0) is 24.6. The molecule has 1 saturated heterocycles. The summed E-state index contributed by atoms with van der Waals surface area (Å²) in [5.41, 5.74) is 1.46. The van der Waals surface area contributed by atoms with Crippen molar-refractivity contribution in [3.63, 3.8) is 0 Å². The first-order valence-corrected chi connectivity index (χ1v) is 11.2. The predicted octanol–water partition coefficient (Wildman–Crippen LogP) is 2.83. The number of rotatable bonds is 6. The highest BCUT2D eigenvalue weighted by molar-refractivity contribution is 6.09. The van der Waals surface area contributed by atoms with Crippen LogP contribution in [0.3, 0.4) is 0 Å². The number of ether oxygens (including phenoxy) is 2. The highest BCUT2D eigenvalue weighted by atomic mass is 16.5. The molecule has 10 heteroatoms. The van der Waals surface area contributed by atoms with Gasteiger partial charge in [-0.25, -0.2) is 9.79 Å². The topological polar surface area (TPSA) is 132 Å². The highest BCUT2D eigenvalue weighted by Gasteiger charge is 2.22. The Morgan fingerprint density at radius 3 is 2.50 bits per heavy atom. The van der Waals surface area contributed by atoms with Gasteiger partial charge in [-0.15, -0.1) is 0 Å². The monoisotopic (exact) mass is 468 g/mol.